The number of hydrogen-bond acceptors (Lipinski definition) is 2. The highest BCUT2D eigenvalue weighted by atomic mass is 31.1. The molecule has 2 nitrogen and oxygen atoms in total. The van der Waals surface area contributed by atoms with Crippen LogP contribution in [0.5, 0.6) is 0 Å². The molecule has 0 aliphatic heterocycles. The summed E-state index contributed by atoms with van der Waals surface area (Å²) < 4.78 is 14.6. The lowest BCUT2D eigenvalue weighted by atomic mass is 10.8. The molecule has 0 spiro atoms. The van der Waals surface area contributed by atoms with Crippen molar-refractivity contribution in [3.05, 3.63) is 0 Å². The minimum atomic E-state index is 0.180. The summed E-state index contributed by atoms with van der Waals surface area (Å²) in [6.45, 7) is 3.25. The Morgan fingerprint density at radius 2 is 2.43 bits per heavy atom. The fourth-order valence-electron chi connectivity index (χ4n) is 0.246. The van der Waals surface area contributed by atoms with Crippen molar-refractivity contribution < 1.29 is 9.30 Å². The van der Waals surface area contributed by atoms with E-state index in [0.29, 0.717) is 12.8 Å². The maximum absolute atomic E-state index is 9.70. The summed E-state index contributed by atoms with van der Waals surface area (Å²) in [5.74, 6) is 0. The van der Waals surface area contributed by atoms with Gasteiger partial charge in [0.05, 0.1) is 12.8 Å². The summed E-state index contributed by atoms with van der Waals surface area (Å²) in [6, 6.07) is 0. The minimum Gasteiger partial charge on any atom is -0.381 e. The van der Waals surface area contributed by atoms with Crippen molar-refractivity contribution in [3.63, 3.8) is 0 Å². The normalized spacial score (nSPS) is 9.86. The first kappa shape index (κ1) is 7.06. The topological polar surface area (TPSA) is 26.3 Å². The van der Waals surface area contributed by atoms with Crippen molar-refractivity contribution in [2.75, 3.05) is 19.4 Å². The third kappa shape index (κ3) is 6.06. The molecular weight excluding hydrogens is 111 g/mol. The second-order valence-corrected chi connectivity index (χ2v) is 1.76. The lowest BCUT2D eigenvalue weighted by Crippen LogP contribution is -1.92. The highest BCUT2D eigenvalue weighted by molar-refractivity contribution is 7.23. The van der Waals surface area contributed by atoms with Crippen LogP contribution in [-0.2, 0) is 9.30 Å². The standard InChI is InChI=1S/C4H9O2P/c1-2-6-3-4-7-5/h2-4H2,1H3. The Bertz CT molecular complexity index is 47.0. The average Bonchev–Trinajstić information content (AvgIpc) is 1.69. The van der Waals surface area contributed by atoms with Gasteiger partial charge in [0.2, 0.25) is 0 Å². The van der Waals surface area contributed by atoms with E-state index in [0.717, 1.165) is 6.61 Å². The minimum absolute atomic E-state index is 0.180. The molecule has 3 heteroatoms. The molecule has 0 rings (SSSR count). The van der Waals surface area contributed by atoms with Crippen LogP contribution in [0.2, 0.25) is 0 Å². The maximum Gasteiger partial charge on any atom is 0.157 e. The highest BCUT2D eigenvalue weighted by Gasteiger charge is 1.79. The van der Waals surface area contributed by atoms with Crippen LogP contribution in [0.3, 0.4) is 0 Å². The molecule has 0 atom stereocenters. The lowest BCUT2D eigenvalue weighted by molar-refractivity contribution is 0.164. The van der Waals surface area contributed by atoms with Crippen molar-refractivity contribution >= 4 is 8.46 Å². The van der Waals surface area contributed by atoms with Crippen molar-refractivity contribution in [2.24, 2.45) is 0 Å². The van der Waals surface area contributed by atoms with Crippen molar-refractivity contribution in [1.82, 2.24) is 0 Å². The van der Waals surface area contributed by atoms with E-state index in [-0.39, 0.29) is 8.46 Å². The SMILES string of the molecule is CCOCCP=O. The molecule has 0 heterocycles. The molecule has 0 aliphatic carbocycles. The molecule has 0 amide bonds. The summed E-state index contributed by atoms with van der Waals surface area (Å²) in [4.78, 5) is 0. The first-order chi connectivity index (χ1) is 3.41. The Hall–Kier alpha value is 0.0600. The molecule has 0 aromatic rings. The monoisotopic (exact) mass is 120 g/mol. The number of ether oxygens (including phenoxy) is 1. The molecule has 0 fully saturated rings. The molecule has 0 aromatic heterocycles. The van der Waals surface area contributed by atoms with Crippen molar-refractivity contribution in [3.8, 4) is 0 Å². The van der Waals surface area contributed by atoms with Gasteiger partial charge in [0.25, 0.3) is 0 Å². The maximum atomic E-state index is 9.70. The van der Waals surface area contributed by atoms with E-state index in [1.807, 2.05) is 6.92 Å². The van der Waals surface area contributed by atoms with E-state index in [2.05, 4.69) is 0 Å². The average molecular weight is 120 g/mol. The molecule has 0 radical (unpaired) electrons. The van der Waals surface area contributed by atoms with Gasteiger partial charge in [-0.1, -0.05) is 0 Å². The lowest BCUT2D eigenvalue weighted by Gasteiger charge is -1.90. The fraction of sp³-hybridized carbons (Fsp3) is 1.00. The summed E-state index contributed by atoms with van der Waals surface area (Å²) in [6.07, 6.45) is 0.619. The van der Waals surface area contributed by atoms with Gasteiger partial charge in [-0.25, -0.2) is 0 Å². The summed E-state index contributed by atoms with van der Waals surface area (Å²) in [5, 5.41) is 0. The Balaban J connectivity index is 2.56. The molecule has 0 saturated heterocycles. The number of rotatable bonds is 4. The van der Waals surface area contributed by atoms with Crippen molar-refractivity contribution in [2.45, 2.75) is 6.92 Å². The van der Waals surface area contributed by atoms with Crippen LogP contribution in [0.4, 0.5) is 0 Å². The molecule has 0 aliphatic rings. The van der Waals surface area contributed by atoms with Crippen LogP contribution in [-0.4, -0.2) is 19.4 Å². The van der Waals surface area contributed by atoms with Gasteiger partial charge in [0.1, 0.15) is 0 Å². The van der Waals surface area contributed by atoms with E-state index >= 15 is 0 Å². The van der Waals surface area contributed by atoms with Gasteiger partial charge in [0.15, 0.2) is 8.46 Å². The van der Waals surface area contributed by atoms with Crippen LogP contribution in [0.25, 0.3) is 0 Å². The molecule has 0 aromatic carbocycles. The van der Waals surface area contributed by atoms with Gasteiger partial charge in [-0.2, -0.15) is 0 Å². The zero-order valence-corrected chi connectivity index (χ0v) is 5.28. The molecular formula is C4H9O2P. The first-order valence-electron chi connectivity index (χ1n) is 2.28. The van der Waals surface area contributed by atoms with Crippen LogP contribution < -0.4 is 0 Å². The third-order valence-electron chi connectivity index (χ3n) is 0.531. The van der Waals surface area contributed by atoms with Crippen LogP contribution in [0.15, 0.2) is 0 Å². The van der Waals surface area contributed by atoms with Crippen LogP contribution in [0, 0.1) is 0 Å². The van der Waals surface area contributed by atoms with E-state index in [1.165, 1.54) is 0 Å². The van der Waals surface area contributed by atoms with Gasteiger partial charge in [-0.05, 0) is 6.92 Å². The molecule has 0 saturated carbocycles. The molecule has 42 valence electrons. The van der Waals surface area contributed by atoms with Gasteiger partial charge in [0, 0.05) is 6.61 Å². The molecule has 7 heavy (non-hydrogen) atoms. The quantitative estimate of drug-likeness (QED) is 0.413. The summed E-state index contributed by atoms with van der Waals surface area (Å²) in [7, 11) is 0.180. The van der Waals surface area contributed by atoms with Crippen molar-refractivity contribution in [1.29, 1.82) is 0 Å². The van der Waals surface area contributed by atoms with Crippen LogP contribution >= 0.6 is 8.46 Å². The van der Waals surface area contributed by atoms with Crippen LogP contribution in [0.1, 0.15) is 6.92 Å². The summed E-state index contributed by atoms with van der Waals surface area (Å²) >= 11 is 0. The molecule has 0 N–H and O–H groups in total. The Labute approximate surface area is 45.1 Å². The second kappa shape index (κ2) is 6.06. The van der Waals surface area contributed by atoms with E-state index in [4.69, 9.17) is 4.74 Å². The second-order valence-electron chi connectivity index (χ2n) is 1.05. The van der Waals surface area contributed by atoms with Gasteiger partial charge in [-0.15, -0.1) is 0 Å². The van der Waals surface area contributed by atoms with Gasteiger partial charge in [-0.3, -0.25) is 4.57 Å². The largest absolute Gasteiger partial charge is 0.381 e. The first-order valence-corrected chi connectivity index (χ1v) is 3.28. The Morgan fingerprint density at radius 1 is 1.71 bits per heavy atom. The van der Waals surface area contributed by atoms with E-state index in [9.17, 15) is 4.57 Å². The van der Waals surface area contributed by atoms with E-state index in [1.54, 1.807) is 0 Å². The third-order valence-corrected chi connectivity index (χ3v) is 0.896. The van der Waals surface area contributed by atoms with E-state index < -0.39 is 0 Å². The number of hydrogen-bond donors (Lipinski definition) is 0. The highest BCUT2D eigenvalue weighted by Crippen LogP contribution is 1.88. The Morgan fingerprint density at radius 3 is 2.86 bits per heavy atom. The predicted octanol–water partition coefficient (Wildman–Crippen LogP) is 1.31. The smallest absolute Gasteiger partial charge is 0.157 e. The Kier molecular flexibility index (Phi) is 6.11. The zero-order chi connectivity index (χ0) is 5.54. The predicted molar refractivity (Wildman–Crippen MR) is 29.0 cm³/mol. The fourth-order valence-corrected chi connectivity index (χ4v) is 0.450. The molecule has 0 bridgehead atoms. The van der Waals surface area contributed by atoms with Gasteiger partial charge < -0.3 is 4.74 Å². The zero-order valence-electron chi connectivity index (χ0n) is 4.39. The van der Waals surface area contributed by atoms with Gasteiger partial charge >= 0.3 is 0 Å². The summed E-state index contributed by atoms with van der Waals surface area (Å²) in [5.41, 5.74) is 0. The molecule has 0 unspecified atom stereocenters.